The van der Waals surface area contributed by atoms with E-state index in [0.29, 0.717) is 0 Å². The molecule has 0 spiro atoms. The number of para-hydroxylation sites is 2. The highest BCUT2D eigenvalue weighted by molar-refractivity contribution is 6.13. The molecule has 9 aromatic rings. The molecule has 0 fully saturated rings. The second-order valence-corrected chi connectivity index (χ2v) is 13.6. The third kappa shape index (κ3) is 5.20. The number of rotatable bonds is 6. The van der Waals surface area contributed by atoms with Crippen molar-refractivity contribution in [2.45, 2.75) is 12.8 Å². The van der Waals surface area contributed by atoms with Gasteiger partial charge in [0.05, 0.1) is 0 Å². The summed E-state index contributed by atoms with van der Waals surface area (Å²) in [6.45, 7) is 0. The summed E-state index contributed by atoms with van der Waals surface area (Å²) in [4.78, 5) is 2.44. The Labute approximate surface area is 303 Å². The third-order valence-electron chi connectivity index (χ3n) is 10.5. The average Bonchev–Trinajstić information content (AvgIpc) is 3.58. The molecular weight excluding hydrogens is 631 g/mol. The molecule has 246 valence electrons. The zero-order valence-corrected chi connectivity index (χ0v) is 28.7. The van der Waals surface area contributed by atoms with Gasteiger partial charge in [-0.25, -0.2) is 0 Å². The molecule has 0 radical (unpaired) electrons. The predicted molar refractivity (Wildman–Crippen MR) is 220 cm³/mol. The fourth-order valence-corrected chi connectivity index (χ4v) is 8.01. The number of anilines is 2. The first-order valence-corrected chi connectivity index (χ1v) is 18.1. The van der Waals surface area contributed by atoms with Gasteiger partial charge in [0.25, 0.3) is 0 Å². The van der Waals surface area contributed by atoms with E-state index in [2.05, 4.69) is 193 Å². The number of hydrogen-bond donors (Lipinski definition) is 0. The molecule has 0 N–H and O–H groups in total. The van der Waals surface area contributed by atoms with Gasteiger partial charge in [-0.05, 0) is 99.1 Å². The Balaban J connectivity index is 1.08. The van der Waals surface area contributed by atoms with Crippen LogP contribution >= 0.6 is 0 Å². The normalized spacial score (nSPS) is 13.1. The zero-order valence-electron chi connectivity index (χ0n) is 28.7. The Morgan fingerprint density at radius 1 is 0.442 bits per heavy atom. The van der Waals surface area contributed by atoms with Crippen molar-refractivity contribution in [1.29, 1.82) is 0 Å². The molecule has 0 atom stereocenters. The van der Waals surface area contributed by atoms with Gasteiger partial charge in [0.2, 0.25) is 0 Å². The van der Waals surface area contributed by atoms with E-state index in [1.807, 2.05) is 0 Å². The van der Waals surface area contributed by atoms with Crippen LogP contribution in [-0.4, -0.2) is 0 Å². The Morgan fingerprint density at radius 3 is 1.96 bits per heavy atom. The molecule has 0 bridgehead atoms. The number of fused-ring (bicyclic) bond motifs is 5. The predicted octanol–water partition coefficient (Wildman–Crippen LogP) is 14.1. The van der Waals surface area contributed by atoms with E-state index in [0.717, 1.165) is 51.7 Å². The van der Waals surface area contributed by atoms with Gasteiger partial charge in [-0.2, -0.15) is 0 Å². The van der Waals surface area contributed by atoms with Crippen LogP contribution in [0.1, 0.15) is 18.4 Å². The molecule has 2 heteroatoms. The highest BCUT2D eigenvalue weighted by Gasteiger charge is 2.23. The van der Waals surface area contributed by atoms with Crippen molar-refractivity contribution in [3.63, 3.8) is 0 Å². The van der Waals surface area contributed by atoms with Crippen molar-refractivity contribution >= 4 is 60.4 Å². The Hall–Kier alpha value is -6.64. The molecule has 8 aromatic carbocycles. The van der Waals surface area contributed by atoms with Gasteiger partial charge in [0, 0.05) is 39.0 Å². The molecule has 0 unspecified atom stereocenters. The number of hydrogen-bond acceptors (Lipinski definition) is 2. The van der Waals surface area contributed by atoms with E-state index >= 15 is 0 Å². The highest BCUT2D eigenvalue weighted by atomic mass is 16.3. The topological polar surface area (TPSA) is 16.4 Å². The molecule has 1 aromatic heterocycles. The number of benzene rings is 8. The maximum atomic E-state index is 6.73. The minimum atomic E-state index is 0.913. The molecule has 2 nitrogen and oxygen atoms in total. The van der Waals surface area contributed by atoms with Crippen LogP contribution in [0.3, 0.4) is 0 Å². The van der Waals surface area contributed by atoms with E-state index < -0.39 is 0 Å². The number of nitrogens with zero attached hydrogens (tertiary/aromatic N) is 1. The van der Waals surface area contributed by atoms with Gasteiger partial charge in [-0.15, -0.1) is 0 Å². The second-order valence-electron chi connectivity index (χ2n) is 13.6. The Kier molecular flexibility index (Phi) is 7.32. The quantitative estimate of drug-likeness (QED) is 0.176. The number of furan rings is 1. The lowest BCUT2D eigenvalue weighted by molar-refractivity contribution is 0.668. The monoisotopic (exact) mass is 665 g/mol. The van der Waals surface area contributed by atoms with Gasteiger partial charge in [0.15, 0.2) is 0 Å². The summed E-state index contributed by atoms with van der Waals surface area (Å²) in [6.07, 6.45) is 6.48. The van der Waals surface area contributed by atoms with E-state index in [9.17, 15) is 0 Å². The molecule has 0 saturated heterocycles. The molecular formula is C50H35NO. The van der Waals surface area contributed by atoms with Gasteiger partial charge in [-0.1, -0.05) is 146 Å². The van der Waals surface area contributed by atoms with Crippen molar-refractivity contribution in [2.24, 2.45) is 0 Å². The number of allylic oxidation sites excluding steroid dienone is 4. The lowest BCUT2D eigenvalue weighted by atomic mass is 9.93. The largest absolute Gasteiger partial charge is 0.455 e. The van der Waals surface area contributed by atoms with Crippen LogP contribution in [0.25, 0.3) is 71.3 Å². The molecule has 0 amide bonds. The van der Waals surface area contributed by atoms with Gasteiger partial charge in [-0.3, -0.25) is 0 Å². The maximum absolute atomic E-state index is 6.73. The first-order valence-electron chi connectivity index (χ1n) is 18.1. The van der Waals surface area contributed by atoms with Crippen LogP contribution in [0.2, 0.25) is 0 Å². The first kappa shape index (κ1) is 30.2. The van der Waals surface area contributed by atoms with Crippen molar-refractivity contribution in [1.82, 2.24) is 0 Å². The van der Waals surface area contributed by atoms with E-state index in [4.69, 9.17) is 4.42 Å². The van der Waals surface area contributed by atoms with Crippen molar-refractivity contribution in [3.8, 4) is 22.3 Å². The highest BCUT2D eigenvalue weighted by Crippen LogP contribution is 2.43. The second kappa shape index (κ2) is 12.6. The van der Waals surface area contributed by atoms with Crippen LogP contribution in [0.5, 0.6) is 0 Å². The lowest BCUT2D eigenvalue weighted by Gasteiger charge is -2.31. The summed E-state index contributed by atoms with van der Waals surface area (Å²) < 4.78 is 6.73. The summed E-state index contributed by atoms with van der Waals surface area (Å²) in [5, 5.41) is 7.23. The molecule has 1 heterocycles. The van der Waals surface area contributed by atoms with Crippen LogP contribution < -0.4 is 4.90 Å². The summed E-state index contributed by atoms with van der Waals surface area (Å²) in [6, 6.07) is 63.4. The molecule has 10 rings (SSSR count). The van der Waals surface area contributed by atoms with Crippen molar-refractivity contribution in [3.05, 3.63) is 199 Å². The van der Waals surface area contributed by atoms with Gasteiger partial charge < -0.3 is 9.32 Å². The Morgan fingerprint density at radius 2 is 1.10 bits per heavy atom. The van der Waals surface area contributed by atoms with E-state index in [-0.39, 0.29) is 0 Å². The zero-order chi connectivity index (χ0) is 34.4. The van der Waals surface area contributed by atoms with Gasteiger partial charge >= 0.3 is 0 Å². The molecule has 0 saturated carbocycles. The molecule has 0 aliphatic heterocycles. The van der Waals surface area contributed by atoms with Crippen LogP contribution in [-0.2, 0) is 0 Å². The standard InChI is InChI=1S/C50H35NO/c1-2-19-40(20-3-1)51(41-29-27-34(28-30-41)36-17-10-18-39(31-36)43-23-11-16-35-13-6-7-21-42(35)43)48-26-9-8-22-44(48)45-24-12-25-46-47-32-37-14-4-5-15-38(37)33-49(47)52-50(45)46/h1-8,10-25,27-33H,9,26H2. The summed E-state index contributed by atoms with van der Waals surface area (Å²) in [5.74, 6) is 0. The smallest absolute Gasteiger partial charge is 0.143 e. The maximum Gasteiger partial charge on any atom is 0.143 e. The third-order valence-corrected chi connectivity index (χ3v) is 10.5. The van der Waals surface area contributed by atoms with Crippen molar-refractivity contribution < 1.29 is 4.42 Å². The summed E-state index contributed by atoms with van der Waals surface area (Å²) >= 11 is 0. The van der Waals surface area contributed by atoms with Crippen molar-refractivity contribution in [2.75, 3.05) is 4.90 Å². The molecule has 1 aliphatic rings. The fraction of sp³-hybridized carbons (Fsp3) is 0.0400. The minimum Gasteiger partial charge on any atom is -0.455 e. The van der Waals surface area contributed by atoms with Crippen LogP contribution in [0.4, 0.5) is 11.4 Å². The summed E-state index contributed by atoms with van der Waals surface area (Å²) in [5.41, 5.74) is 12.6. The van der Waals surface area contributed by atoms with Crippen LogP contribution in [0, 0.1) is 0 Å². The lowest BCUT2D eigenvalue weighted by Crippen LogP contribution is -2.19. The van der Waals surface area contributed by atoms with Gasteiger partial charge in [0.1, 0.15) is 11.2 Å². The van der Waals surface area contributed by atoms with E-state index in [1.165, 1.54) is 55.1 Å². The fourth-order valence-electron chi connectivity index (χ4n) is 8.01. The first-order chi connectivity index (χ1) is 25.8. The molecule has 52 heavy (non-hydrogen) atoms. The minimum absolute atomic E-state index is 0.913. The summed E-state index contributed by atoms with van der Waals surface area (Å²) in [7, 11) is 0. The van der Waals surface area contributed by atoms with E-state index in [1.54, 1.807) is 0 Å². The Bertz CT molecular complexity index is 2830. The molecule has 1 aliphatic carbocycles. The van der Waals surface area contributed by atoms with Crippen LogP contribution in [0.15, 0.2) is 198 Å². The average molecular weight is 666 g/mol. The SMILES string of the molecule is C1=CC(c2cccc3c2oc2cc4ccccc4cc23)=C(N(c2ccccc2)c2ccc(-c3cccc(-c4cccc5ccccc45)c3)cc2)CC1.